The zero-order valence-electron chi connectivity index (χ0n) is 10.4. The zero-order chi connectivity index (χ0) is 14.2. The summed E-state index contributed by atoms with van der Waals surface area (Å²) < 4.78 is 30.2. The second kappa shape index (κ2) is 5.16. The maximum absolute atomic E-state index is 11.7. The fourth-order valence-corrected chi connectivity index (χ4v) is 3.12. The quantitative estimate of drug-likeness (QED) is 0.806. The van der Waals surface area contributed by atoms with Gasteiger partial charge in [-0.2, -0.15) is 0 Å². The molecule has 8 heteroatoms. The minimum Gasteiger partial charge on any atom is -0.381 e. The van der Waals surface area contributed by atoms with Crippen LogP contribution in [0.1, 0.15) is 18.2 Å². The van der Waals surface area contributed by atoms with Crippen LogP contribution in [-0.2, 0) is 13.8 Å². The van der Waals surface area contributed by atoms with Gasteiger partial charge in [0.05, 0.1) is 6.61 Å². The van der Waals surface area contributed by atoms with Crippen molar-refractivity contribution in [3.63, 3.8) is 0 Å². The first-order valence-electron chi connectivity index (χ1n) is 6.10. The molecule has 20 heavy (non-hydrogen) atoms. The Kier molecular flexibility index (Phi) is 3.49. The summed E-state index contributed by atoms with van der Waals surface area (Å²) in [6.07, 6.45) is 0.785. The maximum atomic E-state index is 11.7. The van der Waals surface area contributed by atoms with Crippen molar-refractivity contribution < 1.29 is 13.2 Å². The molecule has 0 radical (unpaired) electrons. The number of hydrogen-bond donors (Lipinski definition) is 0. The lowest BCUT2D eigenvalue weighted by Crippen LogP contribution is -2.11. The Morgan fingerprint density at radius 1 is 1.25 bits per heavy atom. The van der Waals surface area contributed by atoms with Crippen LogP contribution >= 0.6 is 10.7 Å². The third kappa shape index (κ3) is 2.44. The Morgan fingerprint density at radius 3 is 2.60 bits per heavy atom. The molecular weight excluding hydrogens is 302 g/mol. The Morgan fingerprint density at radius 2 is 2.00 bits per heavy atom. The summed E-state index contributed by atoms with van der Waals surface area (Å²) in [6.45, 7) is 1.14. The minimum atomic E-state index is -3.97. The van der Waals surface area contributed by atoms with Gasteiger partial charge >= 0.3 is 0 Å². The number of hydrogen-bond acceptors (Lipinski definition) is 5. The van der Waals surface area contributed by atoms with E-state index in [9.17, 15) is 8.42 Å². The minimum absolute atomic E-state index is 0.0230. The number of nitrogens with zero attached hydrogens (tertiary/aromatic N) is 3. The van der Waals surface area contributed by atoms with Gasteiger partial charge in [0.2, 0.25) is 0 Å². The summed E-state index contributed by atoms with van der Waals surface area (Å²) >= 11 is 0. The fourth-order valence-electron chi connectivity index (χ4n) is 2.26. The Labute approximate surface area is 120 Å². The lowest BCUT2D eigenvalue weighted by atomic mass is 10.1. The van der Waals surface area contributed by atoms with Gasteiger partial charge in [0.15, 0.2) is 0 Å². The van der Waals surface area contributed by atoms with Gasteiger partial charge in [-0.3, -0.25) is 4.57 Å². The van der Waals surface area contributed by atoms with Crippen LogP contribution in [0.5, 0.6) is 0 Å². The van der Waals surface area contributed by atoms with Crippen molar-refractivity contribution in [3.05, 3.63) is 36.2 Å². The zero-order valence-corrected chi connectivity index (χ0v) is 12.0. The summed E-state index contributed by atoms with van der Waals surface area (Å²) in [5, 5.41) is 7.50. The van der Waals surface area contributed by atoms with Crippen LogP contribution in [0.2, 0.25) is 0 Å². The van der Waals surface area contributed by atoms with E-state index in [4.69, 9.17) is 15.4 Å². The molecule has 106 valence electrons. The molecule has 1 aliphatic rings. The first-order valence-corrected chi connectivity index (χ1v) is 8.41. The van der Waals surface area contributed by atoms with Crippen molar-refractivity contribution >= 4 is 19.7 Å². The molecule has 0 amide bonds. The summed E-state index contributed by atoms with van der Waals surface area (Å²) in [5.41, 5.74) is 0.665. The largest absolute Gasteiger partial charge is 0.381 e. The molecule has 0 spiro atoms. The van der Waals surface area contributed by atoms with Crippen molar-refractivity contribution in [2.75, 3.05) is 13.2 Å². The summed E-state index contributed by atoms with van der Waals surface area (Å²) in [5.74, 6) is 0.586. The predicted octanol–water partition coefficient (Wildman–Crippen LogP) is 1.70. The molecule has 2 aromatic rings. The summed E-state index contributed by atoms with van der Waals surface area (Å²) in [7, 11) is 1.48. The van der Waals surface area contributed by atoms with Crippen molar-refractivity contribution in [2.45, 2.75) is 17.5 Å². The van der Waals surface area contributed by atoms with Crippen molar-refractivity contribution in [3.8, 4) is 5.69 Å². The smallest absolute Gasteiger partial charge is 0.297 e. The highest BCUT2D eigenvalue weighted by atomic mass is 35.7. The van der Waals surface area contributed by atoms with Crippen LogP contribution in [0.3, 0.4) is 0 Å². The molecule has 1 aliphatic heterocycles. The summed E-state index contributed by atoms with van der Waals surface area (Å²) in [6, 6.07) is 9.05. The van der Waals surface area contributed by atoms with Crippen LogP contribution < -0.4 is 0 Å². The second-order valence-electron chi connectivity index (χ2n) is 4.51. The highest BCUT2D eigenvalue weighted by Gasteiger charge is 2.29. The molecule has 0 saturated carbocycles. The van der Waals surface area contributed by atoms with Gasteiger partial charge in [0.25, 0.3) is 14.2 Å². The molecular formula is C12H12ClN3O3S. The van der Waals surface area contributed by atoms with E-state index in [1.165, 1.54) is 4.57 Å². The van der Waals surface area contributed by atoms with Gasteiger partial charge in [-0.25, -0.2) is 8.42 Å². The molecule has 1 atom stereocenters. The van der Waals surface area contributed by atoms with E-state index in [2.05, 4.69) is 10.2 Å². The number of benzene rings is 1. The van der Waals surface area contributed by atoms with E-state index >= 15 is 0 Å². The van der Waals surface area contributed by atoms with Gasteiger partial charge < -0.3 is 4.74 Å². The third-order valence-electron chi connectivity index (χ3n) is 3.19. The number of rotatable bonds is 3. The molecule has 3 rings (SSSR count). The van der Waals surface area contributed by atoms with Crippen LogP contribution in [0.25, 0.3) is 5.69 Å². The van der Waals surface area contributed by atoms with Crippen molar-refractivity contribution in [1.29, 1.82) is 0 Å². The highest BCUT2D eigenvalue weighted by molar-refractivity contribution is 8.13. The molecule has 2 heterocycles. The first-order chi connectivity index (χ1) is 9.57. The third-order valence-corrected chi connectivity index (χ3v) is 4.30. The molecule has 1 unspecified atom stereocenters. The standard InChI is InChI=1S/C12H12ClN3O3S/c13-20(17,18)12-15-14-11(9-6-7-19-8-9)16(12)10-4-2-1-3-5-10/h1-5,9H,6-8H2. The van der Waals surface area contributed by atoms with Crippen LogP contribution in [-0.4, -0.2) is 36.4 Å². The topological polar surface area (TPSA) is 74.1 Å². The number of para-hydroxylation sites is 1. The molecule has 6 nitrogen and oxygen atoms in total. The molecule has 0 bridgehead atoms. The molecule has 0 aliphatic carbocycles. The Balaban J connectivity index is 2.19. The fraction of sp³-hybridized carbons (Fsp3) is 0.333. The SMILES string of the molecule is O=S(=O)(Cl)c1nnc(C2CCOC2)n1-c1ccccc1. The molecule has 1 fully saturated rings. The molecule has 1 aromatic heterocycles. The molecule has 1 aromatic carbocycles. The Bertz CT molecular complexity index is 709. The highest BCUT2D eigenvalue weighted by Crippen LogP contribution is 2.28. The average molecular weight is 314 g/mol. The van der Waals surface area contributed by atoms with Crippen LogP contribution in [0.15, 0.2) is 35.5 Å². The maximum Gasteiger partial charge on any atom is 0.297 e. The van der Waals surface area contributed by atoms with Crippen LogP contribution in [0.4, 0.5) is 0 Å². The lowest BCUT2D eigenvalue weighted by Gasteiger charge is -2.11. The van der Waals surface area contributed by atoms with E-state index in [1.807, 2.05) is 18.2 Å². The van der Waals surface area contributed by atoms with Gasteiger partial charge in [-0.05, 0) is 18.6 Å². The van der Waals surface area contributed by atoms with Crippen molar-refractivity contribution in [1.82, 2.24) is 14.8 Å². The van der Waals surface area contributed by atoms with E-state index in [0.29, 0.717) is 24.7 Å². The second-order valence-corrected chi connectivity index (χ2v) is 6.97. The normalized spacial score (nSPS) is 19.4. The van der Waals surface area contributed by atoms with Gasteiger partial charge in [0, 0.05) is 28.9 Å². The van der Waals surface area contributed by atoms with Gasteiger partial charge in [-0.1, -0.05) is 18.2 Å². The van der Waals surface area contributed by atoms with E-state index in [1.54, 1.807) is 12.1 Å². The monoisotopic (exact) mass is 313 g/mol. The van der Waals surface area contributed by atoms with E-state index in [-0.39, 0.29) is 11.1 Å². The van der Waals surface area contributed by atoms with Gasteiger partial charge in [-0.15, -0.1) is 10.2 Å². The van der Waals surface area contributed by atoms with E-state index < -0.39 is 9.05 Å². The molecule has 1 saturated heterocycles. The Hall–Kier alpha value is -1.44. The average Bonchev–Trinajstić information content (AvgIpc) is 3.07. The number of aromatic nitrogens is 3. The number of halogens is 1. The van der Waals surface area contributed by atoms with Crippen LogP contribution in [0, 0.1) is 0 Å². The summed E-state index contributed by atoms with van der Waals surface area (Å²) in [4.78, 5) is 0. The molecule has 0 N–H and O–H groups in total. The first kappa shape index (κ1) is 13.5. The van der Waals surface area contributed by atoms with Gasteiger partial charge in [0.1, 0.15) is 5.82 Å². The number of ether oxygens (including phenoxy) is 1. The lowest BCUT2D eigenvalue weighted by molar-refractivity contribution is 0.193. The predicted molar refractivity (Wildman–Crippen MR) is 72.6 cm³/mol. The van der Waals surface area contributed by atoms with Crippen molar-refractivity contribution in [2.24, 2.45) is 0 Å². The van der Waals surface area contributed by atoms with E-state index in [0.717, 1.165) is 6.42 Å².